The Morgan fingerprint density at radius 1 is 1.48 bits per heavy atom. The first-order chi connectivity index (χ1) is 12.1. The van der Waals surface area contributed by atoms with E-state index in [1.54, 1.807) is 18.4 Å². The zero-order valence-electron chi connectivity index (χ0n) is 16.0. The molecule has 1 saturated heterocycles. The van der Waals surface area contributed by atoms with Crippen LogP contribution in [0.4, 0.5) is 0 Å². The molecule has 7 heteroatoms. The first kappa shape index (κ1) is 20.1. The van der Waals surface area contributed by atoms with Gasteiger partial charge in [-0.1, -0.05) is 13.8 Å². The standard InChI is InChI=1S/C18H33N5OS/c1-5-19-18(21-12-17-22-16(13-25-17)14(2)3)20-11-15-7-6-8-23(15)9-10-24-4/h13-15H,5-12H2,1-4H3,(H2,19,20,21). The van der Waals surface area contributed by atoms with Crippen molar-refractivity contribution in [2.45, 2.75) is 52.1 Å². The minimum atomic E-state index is 0.473. The number of thiazole rings is 1. The molecule has 1 atom stereocenters. The number of hydrogen-bond acceptors (Lipinski definition) is 5. The third-order valence-corrected chi connectivity index (χ3v) is 5.32. The molecular weight excluding hydrogens is 334 g/mol. The van der Waals surface area contributed by atoms with Crippen molar-refractivity contribution >= 4 is 17.3 Å². The average molecular weight is 368 g/mol. The van der Waals surface area contributed by atoms with E-state index >= 15 is 0 Å². The highest BCUT2D eigenvalue weighted by Gasteiger charge is 2.23. The Bertz CT molecular complexity index is 531. The summed E-state index contributed by atoms with van der Waals surface area (Å²) in [6.07, 6.45) is 2.50. The van der Waals surface area contributed by atoms with Gasteiger partial charge in [-0.05, 0) is 32.2 Å². The van der Waals surface area contributed by atoms with Crippen LogP contribution in [0.2, 0.25) is 0 Å². The molecule has 0 radical (unpaired) electrons. The number of rotatable bonds is 9. The molecule has 2 rings (SSSR count). The number of guanidine groups is 1. The van der Waals surface area contributed by atoms with E-state index in [2.05, 4.69) is 46.7 Å². The lowest BCUT2D eigenvalue weighted by Crippen LogP contribution is -2.45. The molecule has 2 heterocycles. The largest absolute Gasteiger partial charge is 0.383 e. The van der Waals surface area contributed by atoms with Crippen molar-refractivity contribution in [1.82, 2.24) is 20.5 Å². The highest BCUT2D eigenvalue weighted by atomic mass is 32.1. The van der Waals surface area contributed by atoms with E-state index in [1.807, 2.05) is 0 Å². The van der Waals surface area contributed by atoms with E-state index < -0.39 is 0 Å². The Labute approximate surface area is 156 Å². The van der Waals surface area contributed by atoms with Crippen LogP contribution in [0.3, 0.4) is 0 Å². The summed E-state index contributed by atoms with van der Waals surface area (Å²) < 4.78 is 5.22. The molecule has 1 fully saturated rings. The van der Waals surface area contributed by atoms with E-state index in [-0.39, 0.29) is 0 Å². The van der Waals surface area contributed by atoms with Gasteiger partial charge in [-0.2, -0.15) is 0 Å². The maximum absolute atomic E-state index is 5.22. The van der Waals surface area contributed by atoms with Gasteiger partial charge in [0.05, 0.1) is 18.8 Å². The fraction of sp³-hybridized carbons (Fsp3) is 0.778. The molecule has 0 spiro atoms. The quantitative estimate of drug-likeness (QED) is 0.518. The average Bonchev–Trinajstić information content (AvgIpc) is 3.24. The van der Waals surface area contributed by atoms with Gasteiger partial charge in [-0.3, -0.25) is 4.90 Å². The topological polar surface area (TPSA) is 61.8 Å². The van der Waals surface area contributed by atoms with E-state index in [0.717, 1.165) is 42.9 Å². The number of nitrogens with one attached hydrogen (secondary N) is 2. The number of aliphatic imine (C=N–C) groups is 1. The predicted molar refractivity (Wildman–Crippen MR) is 105 cm³/mol. The monoisotopic (exact) mass is 367 g/mol. The van der Waals surface area contributed by atoms with Crippen LogP contribution in [0.1, 0.15) is 50.2 Å². The highest BCUT2D eigenvalue weighted by Crippen LogP contribution is 2.18. The van der Waals surface area contributed by atoms with E-state index in [1.165, 1.54) is 19.4 Å². The highest BCUT2D eigenvalue weighted by molar-refractivity contribution is 7.09. The predicted octanol–water partition coefficient (Wildman–Crippen LogP) is 2.43. The van der Waals surface area contributed by atoms with Crippen molar-refractivity contribution in [2.24, 2.45) is 4.99 Å². The molecule has 1 aromatic rings. The van der Waals surface area contributed by atoms with Crippen LogP contribution in [-0.4, -0.2) is 61.8 Å². The van der Waals surface area contributed by atoms with Crippen molar-refractivity contribution in [2.75, 3.05) is 39.9 Å². The molecule has 0 saturated carbocycles. The third kappa shape index (κ3) is 6.56. The molecule has 0 amide bonds. The molecule has 142 valence electrons. The van der Waals surface area contributed by atoms with Gasteiger partial charge in [-0.25, -0.2) is 9.98 Å². The summed E-state index contributed by atoms with van der Waals surface area (Å²) in [6.45, 7) is 11.8. The summed E-state index contributed by atoms with van der Waals surface area (Å²) in [5, 5.41) is 10.1. The van der Waals surface area contributed by atoms with Gasteiger partial charge in [0.2, 0.25) is 0 Å². The van der Waals surface area contributed by atoms with Gasteiger partial charge < -0.3 is 15.4 Å². The summed E-state index contributed by atoms with van der Waals surface area (Å²) in [4.78, 5) is 11.9. The molecule has 1 aromatic heterocycles. The molecule has 1 aliphatic rings. The van der Waals surface area contributed by atoms with Gasteiger partial charge in [0.1, 0.15) is 5.01 Å². The molecule has 0 aromatic carbocycles. The molecule has 25 heavy (non-hydrogen) atoms. The van der Waals surface area contributed by atoms with Gasteiger partial charge in [-0.15, -0.1) is 11.3 Å². The molecule has 6 nitrogen and oxygen atoms in total. The van der Waals surface area contributed by atoms with Crippen molar-refractivity contribution in [3.05, 3.63) is 16.1 Å². The molecular formula is C18H33N5OS. The second kappa shape index (κ2) is 10.7. The summed E-state index contributed by atoms with van der Waals surface area (Å²) >= 11 is 1.69. The van der Waals surface area contributed by atoms with Crippen LogP contribution in [0.15, 0.2) is 10.4 Å². The van der Waals surface area contributed by atoms with Crippen molar-refractivity contribution in [1.29, 1.82) is 0 Å². The van der Waals surface area contributed by atoms with Crippen molar-refractivity contribution in [3.63, 3.8) is 0 Å². The number of aromatic nitrogens is 1. The van der Waals surface area contributed by atoms with Crippen LogP contribution < -0.4 is 10.6 Å². The molecule has 2 N–H and O–H groups in total. The molecule has 0 bridgehead atoms. The van der Waals surface area contributed by atoms with Gasteiger partial charge in [0.25, 0.3) is 0 Å². The van der Waals surface area contributed by atoms with Crippen LogP contribution in [0, 0.1) is 0 Å². The summed E-state index contributed by atoms with van der Waals surface area (Å²) in [5.74, 6) is 1.35. The fourth-order valence-corrected chi connectivity index (χ4v) is 3.87. The first-order valence-corrected chi connectivity index (χ1v) is 10.2. The minimum absolute atomic E-state index is 0.473. The second-order valence-electron chi connectivity index (χ2n) is 6.72. The Hall–Kier alpha value is -1.18. The lowest BCUT2D eigenvalue weighted by atomic mass is 10.2. The lowest BCUT2D eigenvalue weighted by Gasteiger charge is -2.25. The summed E-state index contributed by atoms with van der Waals surface area (Å²) in [7, 11) is 1.77. The number of nitrogens with zero attached hydrogens (tertiary/aromatic N) is 3. The normalized spacial score (nSPS) is 18.9. The summed E-state index contributed by atoms with van der Waals surface area (Å²) in [6, 6.07) is 0.561. The molecule has 0 aliphatic carbocycles. The van der Waals surface area contributed by atoms with Gasteiger partial charge in [0.15, 0.2) is 5.96 Å². The van der Waals surface area contributed by atoms with Gasteiger partial charge >= 0.3 is 0 Å². The van der Waals surface area contributed by atoms with Crippen molar-refractivity contribution in [3.8, 4) is 0 Å². The smallest absolute Gasteiger partial charge is 0.191 e. The number of likely N-dealkylation sites (tertiary alicyclic amines) is 1. The van der Waals surface area contributed by atoms with Crippen molar-refractivity contribution < 1.29 is 4.74 Å². The zero-order valence-corrected chi connectivity index (χ0v) is 16.9. The molecule has 1 aliphatic heterocycles. The van der Waals surface area contributed by atoms with Crippen LogP contribution in [0.5, 0.6) is 0 Å². The van der Waals surface area contributed by atoms with E-state index in [9.17, 15) is 0 Å². The molecule has 1 unspecified atom stereocenters. The fourth-order valence-electron chi connectivity index (χ4n) is 3.00. The number of ether oxygens (including phenoxy) is 1. The minimum Gasteiger partial charge on any atom is -0.383 e. The SMILES string of the molecule is CCNC(=NCc1nc(C(C)C)cs1)NCC1CCCN1CCOC. The Morgan fingerprint density at radius 2 is 2.32 bits per heavy atom. The van der Waals surface area contributed by atoms with Gasteiger partial charge in [0, 0.05) is 38.2 Å². The lowest BCUT2D eigenvalue weighted by molar-refractivity contribution is 0.141. The van der Waals surface area contributed by atoms with E-state index in [0.29, 0.717) is 18.5 Å². The number of hydrogen-bond donors (Lipinski definition) is 2. The Morgan fingerprint density at radius 3 is 3.00 bits per heavy atom. The maximum atomic E-state index is 5.22. The summed E-state index contributed by atoms with van der Waals surface area (Å²) in [5.41, 5.74) is 1.16. The van der Waals surface area contributed by atoms with Crippen LogP contribution in [-0.2, 0) is 11.3 Å². The number of methoxy groups -OCH3 is 1. The van der Waals surface area contributed by atoms with E-state index in [4.69, 9.17) is 9.73 Å². The maximum Gasteiger partial charge on any atom is 0.191 e. The van der Waals surface area contributed by atoms with Crippen LogP contribution >= 0.6 is 11.3 Å². The zero-order chi connectivity index (χ0) is 18.1. The first-order valence-electron chi connectivity index (χ1n) is 9.33. The Balaban J connectivity index is 1.86. The van der Waals surface area contributed by atoms with Crippen LogP contribution in [0.25, 0.3) is 0 Å². The second-order valence-corrected chi connectivity index (χ2v) is 7.66. The third-order valence-electron chi connectivity index (χ3n) is 4.46. The Kier molecular flexibility index (Phi) is 8.64.